The molecule has 0 radical (unpaired) electrons. The van der Waals surface area contributed by atoms with Crippen LogP contribution in [0.4, 0.5) is 18.9 Å². The number of esters is 1. The van der Waals surface area contributed by atoms with Gasteiger partial charge in [0.25, 0.3) is 0 Å². The lowest BCUT2D eigenvalue weighted by atomic mass is 9.83. The van der Waals surface area contributed by atoms with Crippen LogP contribution in [0.25, 0.3) is 0 Å². The molecule has 8 heteroatoms. The summed E-state index contributed by atoms with van der Waals surface area (Å²) in [5.74, 6) is -2.78. The van der Waals surface area contributed by atoms with Crippen LogP contribution in [0.2, 0.25) is 0 Å². The number of nitrogens with zero attached hydrogens (tertiary/aromatic N) is 1. The third-order valence-corrected chi connectivity index (χ3v) is 5.65. The second kappa shape index (κ2) is 8.05. The van der Waals surface area contributed by atoms with Gasteiger partial charge in [0, 0.05) is 29.7 Å². The Kier molecular flexibility index (Phi) is 6.03. The molecule has 1 aromatic carbocycles. The van der Waals surface area contributed by atoms with E-state index in [1.54, 1.807) is 0 Å². The molecule has 0 spiro atoms. The van der Waals surface area contributed by atoms with Crippen molar-refractivity contribution in [1.29, 1.82) is 0 Å². The van der Waals surface area contributed by atoms with E-state index in [-0.39, 0.29) is 35.5 Å². The lowest BCUT2D eigenvalue weighted by Gasteiger charge is -2.52. The normalized spacial score (nSPS) is 24.0. The molecule has 1 N–H and O–H groups in total. The third-order valence-electron chi connectivity index (χ3n) is 5.65. The highest BCUT2D eigenvalue weighted by Crippen LogP contribution is 2.38. The summed E-state index contributed by atoms with van der Waals surface area (Å²) in [6.07, 6.45) is 0.00640. The van der Waals surface area contributed by atoms with Crippen molar-refractivity contribution in [1.82, 2.24) is 5.32 Å². The van der Waals surface area contributed by atoms with E-state index in [9.17, 15) is 13.6 Å². The molecule has 162 valence electrons. The molecular weight excluding hydrogens is 385 g/mol. The van der Waals surface area contributed by atoms with E-state index < -0.39 is 17.9 Å². The highest BCUT2D eigenvalue weighted by atomic mass is 19.3. The predicted molar refractivity (Wildman–Crippen MR) is 104 cm³/mol. The maximum atomic E-state index is 15.3. The number of rotatable bonds is 5. The van der Waals surface area contributed by atoms with Crippen molar-refractivity contribution in [2.75, 3.05) is 18.1 Å². The number of carbonyl (C=O) groups is 1. The minimum atomic E-state index is -4.18. The monoisotopic (exact) mass is 414 g/mol. The van der Waals surface area contributed by atoms with Crippen LogP contribution in [0.1, 0.15) is 52.0 Å². The molecule has 0 amide bonds. The molecule has 1 saturated heterocycles. The minimum Gasteiger partial charge on any atom is -0.459 e. The number of alkyl halides is 2. The molecule has 0 aromatic heterocycles. The van der Waals surface area contributed by atoms with Crippen LogP contribution in [0.5, 0.6) is 5.75 Å². The molecule has 1 aliphatic heterocycles. The van der Waals surface area contributed by atoms with Crippen molar-refractivity contribution in [2.24, 2.45) is 0 Å². The van der Waals surface area contributed by atoms with Crippen LogP contribution >= 0.6 is 0 Å². The Bertz CT molecular complexity index is 770. The maximum absolute atomic E-state index is 15.3. The summed E-state index contributed by atoms with van der Waals surface area (Å²) in [7, 11) is 0. The molecule has 0 bridgehead atoms. The number of piperazine rings is 1. The number of hydrogen-bond acceptors (Lipinski definition) is 5. The first-order valence-corrected chi connectivity index (χ1v) is 10.1. The van der Waals surface area contributed by atoms with Crippen molar-refractivity contribution in [3.8, 4) is 5.75 Å². The molecule has 5 nitrogen and oxygen atoms in total. The molecular formula is C21H29F3N2O3. The summed E-state index contributed by atoms with van der Waals surface area (Å²) < 4.78 is 52.0. The van der Waals surface area contributed by atoms with E-state index in [4.69, 9.17) is 0 Å². The molecule has 1 aromatic rings. The Morgan fingerprint density at radius 3 is 2.69 bits per heavy atom. The van der Waals surface area contributed by atoms with E-state index in [2.05, 4.69) is 33.5 Å². The number of hydrogen-bond donors (Lipinski definition) is 1. The van der Waals surface area contributed by atoms with Gasteiger partial charge in [0.15, 0.2) is 5.82 Å². The maximum Gasteiger partial charge on any atom is 0.502 e. The van der Waals surface area contributed by atoms with Gasteiger partial charge in [-0.15, -0.1) is 0 Å². The molecule has 1 aliphatic carbocycles. The van der Waals surface area contributed by atoms with E-state index in [1.807, 2.05) is 0 Å². The van der Waals surface area contributed by atoms with Crippen LogP contribution in [-0.4, -0.2) is 42.9 Å². The Morgan fingerprint density at radius 2 is 2.00 bits per heavy atom. The predicted octanol–water partition coefficient (Wildman–Crippen LogP) is 4.17. The fourth-order valence-corrected chi connectivity index (χ4v) is 4.39. The van der Waals surface area contributed by atoms with E-state index in [0.29, 0.717) is 12.2 Å². The molecule has 2 aliphatic rings. The molecule has 3 rings (SSSR count). The van der Waals surface area contributed by atoms with Crippen molar-refractivity contribution in [3.63, 3.8) is 0 Å². The summed E-state index contributed by atoms with van der Waals surface area (Å²) in [6.45, 7) is 7.34. The number of nitrogens with one attached hydrogen (secondary N) is 1. The average molecular weight is 414 g/mol. The van der Waals surface area contributed by atoms with Crippen molar-refractivity contribution >= 4 is 11.7 Å². The molecule has 29 heavy (non-hydrogen) atoms. The summed E-state index contributed by atoms with van der Waals surface area (Å²) in [5, 5.41) is 3.66. The average Bonchev–Trinajstić information content (AvgIpc) is 2.64. The second-order valence-electron chi connectivity index (χ2n) is 8.48. The quantitative estimate of drug-likeness (QED) is 0.733. The third kappa shape index (κ3) is 4.47. The van der Waals surface area contributed by atoms with Crippen LogP contribution in [-0.2, 0) is 9.53 Å². The first kappa shape index (κ1) is 21.7. The van der Waals surface area contributed by atoms with Gasteiger partial charge >= 0.3 is 12.1 Å². The van der Waals surface area contributed by atoms with Gasteiger partial charge in [0.2, 0.25) is 0 Å². The highest BCUT2D eigenvalue weighted by Gasteiger charge is 2.45. The first-order valence-electron chi connectivity index (χ1n) is 10.1. The zero-order valence-electron chi connectivity index (χ0n) is 17.4. The number of anilines is 1. The van der Waals surface area contributed by atoms with Gasteiger partial charge in [-0.1, -0.05) is 12.8 Å². The summed E-state index contributed by atoms with van der Waals surface area (Å²) in [6, 6.07) is 3.18. The molecule has 1 heterocycles. The fraction of sp³-hybridized carbons (Fsp3) is 0.667. The topological polar surface area (TPSA) is 50.8 Å². The van der Waals surface area contributed by atoms with Gasteiger partial charge in [-0.05, 0) is 52.7 Å². The highest BCUT2D eigenvalue weighted by molar-refractivity contribution is 5.76. The first-order chi connectivity index (χ1) is 13.6. The van der Waals surface area contributed by atoms with E-state index in [0.717, 1.165) is 25.7 Å². The molecule has 0 unspecified atom stereocenters. The van der Waals surface area contributed by atoms with Crippen LogP contribution in [0.15, 0.2) is 12.1 Å². The van der Waals surface area contributed by atoms with E-state index >= 15 is 4.39 Å². The van der Waals surface area contributed by atoms with E-state index in [1.165, 1.54) is 26.0 Å². The van der Waals surface area contributed by atoms with Crippen LogP contribution < -0.4 is 15.0 Å². The van der Waals surface area contributed by atoms with Crippen molar-refractivity contribution < 1.29 is 27.4 Å². The Balaban J connectivity index is 1.89. The van der Waals surface area contributed by atoms with Crippen LogP contribution in [0, 0.1) is 12.7 Å². The standard InChI is InChI=1S/C21H29F3N2O3/c1-5-28-19(27)21(23,24)29-17-11-10-16(18(22)13(17)2)26-12-20(3,4)25-14-8-6-7-9-15(14)26/h10-11,14-15,25H,5-9,12H2,1-4H3/t14-,15-/m0/s1. The number of fused-ring (bicyclic) bond motifs is 1. The lowest BCUT2D eigenvalue weighted by Crippen LogP contribution is -2.67. The summed E-state index contributed by atoms with van der Waals surface area (Å²) in [5.41, 5.74) is 0.112. The second-order valence-corrected chi connectivity index (χ2v) is 8.48. The number of ether oxygens (including phenoxy) is 2. The Labute approximate surface area is 169 Å². The van der Waals surface area contributed by atoms with Crippen molar-refractivity contribution in [2.45, 2.75) is 77.1 Å². The number of carbonyl (C=O) groups excluding carboxylic acids is 1. The lowest BCUT2D eigenvalue weighted by molar-refractivity contribution is -0.216. The Hall–Kier alpha value is -1.96. The number of benzene rings is 1. The van der Waals surface area contributed by atoms with Crippen LogP contribution in [0.3, 0.4) is 0 Å². The van der Waals surface area contributed by atoms with Gasteiger partial charge in [-0.25, -0.2) is 9.18 Å². The number of halogens is 3. The minimum absolute atomic E-state index is 0.0600. The Morgan fingerprint density at radius 1 is 1.31 bits per heavy atom. The SMILES string of the molecule is CCOC(=O)C(F)(F)Oc1ccc(N2CC(C)(C)N[C@H]3CCCC[C@@H]32)c(F)c1C. The largest absolute Gasteiger partial charge is 0.502 e. The molecule has 2 atom stereocenters. The van der Waals surface area contributed by atoms with Gasteiger partial charge in [-0.2, -0.15) is 8.78 Å². The van der Waals surface area contributed by atoms with Gasteiger partial charge in [0.05, 0.1) is 12.3 Å². The fourth-order valence-electron chi connectivity index (χ4n) is 4.39. The molecule has 2 fully saturated rings. The van der Waals surface area contributed by atoms with Crippen molar-refractivity contribution in [3.05, 3.63) is 23.5 Å². The summed E-state index contributed by atoms with van der Waals surface area (Å²) >= 11 is 0. The van der Waals surface area contributed by atoms with Gasteiger partial charge in [-0.3, -0.25) is 0 Å². The smallest absolute Gasteiger partial charge is 0.459 e. The molecule has 1 saturated carbocycles. The zero-order chi connectivity index (χ0) is 21.4. The zero-order valence-corrected chi connectivity index (χ0v) is 17.4. The van der Waals surface area contributed by atoms with Gasteiger partial charge < -0.3 is 19.7 Å². The summed E-state index contributed by atoms with van der Waals surface area (Å²) in [4.78, 5) is 13.5. The van der Waals surface area contributed by atoms with Gasteiger partial charge in [0.1, 0.15) is 5.75 Å².